The van der Waals surface area contributed by atoms with Gasteiger partial charge < -0.3 is 4.74 Å². The molecule has 190 valence electrons. The lowest BCUT2D eigenvalue weighted by molar-refractivity contribution is -0.165. The second kappa shape index (κ2) is 31.6. The van der Waals surface area contributed by atoms with Gasteiger partial charge in [0.2, 0.25) is 0 Å². The number of unbranched alkanes of at least 4 members (excludes halogenated alkanes) is 10. The first-order chi connectivity index (χ1) is 15.7. The van der Waals surface area contributed by atoms with Crippen molar-refractivity contribution in [1.82, 2.24) is 5.06 Å². The zero-order valence-electron chi connectivity index (χ0n) is 22.3. The molecular weight excluding hydrogens is 402 g/mol. The smallest absolute Gasteiger partial charge is 0.305 e. The van der Waals surface area contributed by atoms with Gasteiger partial charge >= 0.3 is 5.97 Å². The quantitative estimate of drug-likeness (QED) is 0.185. The van der Waals surface area contributed by atoms with E-state index in [1.54, 1.807) is 12.3 Å². The molecule has 0 radical (unpaired) electrons. The maximum absolute atomic E-state index is 11.6. The minimum absolute atomic E-state index is 0.0956. The summed E-state index contributed by atoms with van der Waals surface area (Å²) >= 11 is 0. The molecule has 32 heavy (non-hydrogen) atoms. The molecule has 0 aliphatic carbocycles. The lowest BCUT2D eigenvalue weighted by atomic mass is 10.1. The third-order valence-corrected chi connectivity index (χ3v) is 4.47. The highest BCUT2D eigenvalue weighted by Crippen LogP contribution is 2.12. The van der Waals surface area contributed by atoms with Gasteiger partial charge in [-0.3, -0.25) is 14.4 Å². The molecule has 0 aromatic heterocycles. The van der Waals surface area contributed by atoms with E-state index in [4.69, 9.17) is 4.84 Å². The van der Waals surface area contributed by atoms with Crippen LogP contribution in [0.1, 0.15) is 125 Å². The first-order valence-electron chi connectivity index (χ1n) is 13.1. The molecule has 5 heteroatoms. The summed E-state index contributed by atoms with van der Waals surface area (Å²) in [5, 5.41) is 1.33. The first kappa shape index (κ1) is 35.0. The third-order valence-electron chi connectivity index (χ3n) is 4.47. The summed E-state index contributed by atoms with van der Waals surface area (Å²) in [5.41, 5.74) is 0. The maximum Gasteiger partial charge on any atom is 0.305 e. The Morgan fingerprint density at radius 3 is 1.75 bits per heavy atom. The van der Waals surface area contributed by atoms with Gasteiger partial charge in [-0.25, -0.2) is 0 Å². The minimum Gasteiger partial charge on any atom is -0.469 e. The summed E-state index contributed by atoms with van der Waals surface area (Å²) < 4.78 is 4.63. The van der Waals surface area contributed by atoms with Gasteiger partial charge in [-0.05, 0) is 19.3 Å². The average molecular weight is 456 g/mol. The molecule has 1 aliphatic rings. The molecule has 0 aromatic carbocycles. The molecule has 0 fully saturated rings. The van der Waals surface area contributed by atoms with Crippen LogP contribution >= 0.6 is 0 Å². The summed E-state index contributed by atoms with van der Waals surface area (Å²) in [6, 6.07) is 0. The van der Waals surface area contributed by atoms with Crippen LogP contribution in [0.3, 0.4) is 0 Å². The molecule has 0 aromatic rings. The van der Waals surface area contributed by atoms with Gasteiger partial charge in [0.1, 0.15) is 0 Å². The van der Waals surface area contributed by atoms with E-state index in [0.717, 1.165) is 32.1 Å². The molecule has 1 aliphatic heterocycles. The fourth-order valence-electron chi connectivity index (χ4n) is 2.88. The topological polar surface area (TPSA) is 55.8 Å². The standard InChI is InChI=1S/C21H35NO4.3C2H6/c1-25-21(24)17-13-9-7-5-3-2-4-6-8-10-15-19-26-22-18-14-11-12-16-20(22)23;3*1-2/h12,14,16,18H,2-11,13,15,17,19H2,1H3;3*1-2H3. The number of hydroxylamine groups is 2. The minimum atomic E-state index is -0.107. The number of hydrogen-bond acceptors (Lipinski definition) is 4. The number of methoxy groups -OCH3 is 1. The Morgan fingerprint density at radius 1 is 0.781 bits per heavy atom. The Balaban J connectivity index is -0.00000129. The van der Waals surface area contributed by atoms with E-state index in [9.17, 15) is 9.59 Å². The maximum atomic E-state index is 11.6. The van der Waals surface area contributed by atoms with Crippen molar-refractivity contribution in [3.63, 3.8) is 0 Å². The largest absolute Gasteiger partial charge is 0.469 e. The van der Waals surface area contributed by atoms with Crippen LogP contribution in [0.25, 0.3) is 0 Å². The fourth-order valence-corrected chi connectivity index (χ4v) is 2.88. The number of carbonyl (C=O) groups is 2. The molecule has 1 rings (SSSR count). The number of carbonyl (C=O) groups excluding carboxylic acids is 2. The number of allylic oxidation sites excluding steroid dienone is 2. The molecule has 0 saturated carbocycles. The lowest BCUT2D eigenvalue weighted by Crippen LogP contribution is -2.24. The van der Waals surface area contributed by atoms with Gasteiger partial charge in [0.15, 0.2) is 0 Å². The van der Waals surface area contributed by atoms with E-state index in [2.05, 4.69) is 4.74 Å². The normalized spacial score (nSPS) is 11.8. The SMILES string of the molecule is CC.CC.CC.COC(=O)CCCCCCCCCCCCCON1C=CCC=CC1=O. The van der Waals surface area contributed by atoms with Gasteiger partial charge in [-0.2, -0.15) is 5.06 Å². The molecule has 5 nitrogen and oxygen atoms in total. The second-order valence-corrected chi connectivity index (χ2v) is 6.74. The second-order valence-electron chi connectivity index (χ2n) is 6.74. The Kier molecular flexibility index (Phi) is 34.5. The number of rotatable bonds is 15. The molecule has 1 amide bonds. The van der Waals surface area contributed by atoms with E-state index in [-0.39, 0.29) is 11.9 Å². The monoisotopic (exact) mass is 455 g/mol. The van der Waals surface area contributed by atoms with E-state index in [1.807, 2.05) is 53.7 Å². The van der Waals surface area contributed by atoms with Crippen molar-refractivity contribution in [2.24, 2.45) is 0 Å². The van der Waals surface area contributed by atoms with Crippen LogP contribution in [0.2, 0.25) is 0 Å². The van der Waals surface area contributed by atoms with Crippen LogP contribution in [-0.2, 0) is 19.2 Å². The highest BCUT2D eigenvalue weighted by molar-refractivity contribution is 5.87. The lowest BCUT2D eigenvalue weighted by Gasteiger charge is -2.15. The summed E-state index contributed by atoms with van der Waals surface area (Å²) in [6.07, 6.45) is 21.4. The molecule has 0 saturated heterocycles. The predicted octanol–water partition coefficient (Wildman–Crippen LogP) is 8.15. The van der Waals surface area contributed by atoms with Crippen molar-refractivity contribution >= 4 is 11.9 Å². The van der Waals surface area contributed by atoms with Crippen LogP contribution in [0.4, 0.5) is 0 Å². The molecule has 0 bridgehead atoms. The summed E-state index contributed by atoms with van der Waals surface area (Å²) in [7, 11) is 1.45. The first-order valence-corrected chi connectivity index (χ1v) is 13.1. The number of esters is 1. The van der Waals surface area contributed by atoms with E-state index < -0.39 is 0 Å². The van der Waals surface area contributed by atoms with E-state index in [1.165, 1.54) is 57.1 Å². The number of amides is 1. The highest BCUT2D eigenvalue weighted by Gasteiger charge is 2.09. The highest BCUT2D eigenvalue weighted by atomic mass is 16.7. The molecule has 0 N–H and O–H groups in total. The van der Waals surface area contributed by atoms with Gasteiger partial charge in [0.25, 0.3) is 5.91 Å². The van der Waals surface area contributed by atoms with Gasteiger partial charge in [-0.15, -0.1) is 0 Å². The third kappa shape index (κ3) is 24.6. The predicted molar refractivity (Wildman–Crippen MR) is 137 cm³/mol. The molecule has 0 unspecified atom stereocenters. The Bertz CT molecular complexity index is 447. The summed E-state index contributed by atoms with van der Waals surface area (Å²) in [6.45, 7) is 12.6. The molecule has 0 atom stereocenters. The van der Waals surface area contributed by atoms with Crippen molar-refractivity contribution in [3.8, 4) is 0 Å². The number of hydrogen-bond donors (Lipinski definition) is 0. The van der Waals surface area contributed by atoms with Crippen molar-refractivity contribution in [2.45, 2.75) is 125 Å². The zero-order chi connectivity index (χ0) is 24.9. The average Bonchev–Trinajstić information content (AvgIpc) is 3.06. The van der Waals surface area contributed by atoms with Crippen molar-refractivity contribution < 1.29 is 19.2 Å². The summed E-state index contributed by atoms with van der Waals surface area (Å²) in [5.74, 6) is -0.203. The van der Waals surface area contributed by atoms with Crippen LogP contribution in [-0.4, -0.2) is 30.7 Å². The Morgan fingerprint density at radius 2 is 1.25 bits per heavy atom. The van der Waals surface area contributed by atoms with Gasteiger partial charge in [0, 0.05) is 18.7 Å². The fraction of sp³-hybridized carbons (Fsp3) is 0.778. The van der Waals surface area contributed by atoms with Crippen LogP contribution in [0.15, 0.2) is 24.4 Å². The van der Waals surface area contributed by atoms with Crippen LogP contribution in [0, 0.1) is 0 Å². The number of ether oxygens (including phenoxy) is 1. The van der Waals surface area contributed by atoms with E-state index >= 15 is 0 Å². The van der Waals surface area contributed by atoms with Crippen molar-refractivity contribution in [2.75, 3.05) is 13.7 Å². The van der Waals surface area contributed by atoms with Crippen molar-refractivity contribution in [3.05, 3.63) is 24.4 Å². The van der Waals surface area contributed by atoms with Gasteiger partial charge in [0.05, 0.1) is 13.7 Å². The molecular formula is C27H53NO4. The van der Waals surface area contributed by atoms with Crippen LogP contribution in [0.5, 0.6) is 0 Å². The Hall–Kier alpha value is -1.62. The molecule has 1 heterocycles. The van der Waals surface area contributed by atoms with E-state index in [0.29, 0.717) is 13.0 Å². The zero-order valence-corrected chi connectivity index (χ0v) is 22.3. The number of nitrogens with zero attached hydrogens (tertiary/aromatic N) is 1. The van der Waals surface area contributed by atoms with Gasteiger partial charge in [-0.1, -0.05) is 111 Å². The van der Waals surface area contributed by atoms with Crippen molar-refractivity contribution in [1.29, 1.82) is 0 Å². The summed E-state index contributed by atoms with van der Waals surface area (Å²) in [4.78, 5) is 28.1. The van der Waals surface area contributed by atoms with Crippen LogP contribution < -0.4 is 0 Å². The molecule has 0 spiro atoms. The Labute approximate surface area is 199 Å².